The first-order chi connectivity index (χ1) is 34.0. The first-order valence-electron chi connectivity index (χ1n) is 28.7. The Labute approximate surface area is 426 Å². The van der Waals surface area contributed by atoms with Gasteiger partial charge in [-0.3, -0.25) is 14.4 Å². The highest BCUT2D eigenvalue weighted by Crippen LogP contribution is 2.15. The topological polar surface area (TPSA) is 78.9 Å². The number of carbonyl (C=O) groups excluding carboxylic acids is 3. The second-order valence-corrected chi connectivity index (χ2v) is 18.8. The van der Waals surface area contributed by atoms with E-state index in [0.717, 1.165) is 122 Å². The highest BCUT2D eigenvalue weighted by atomic mass is 16.6. The number of rotatable bonds is 51. The van der Waals surface area contributed by atoms with Crippen LogP contribution in [0, 0.1) is 0 Å². The van der Waals surface area contributed by atoms with E-state index >= 15 is 0 Å². The summed E-state index contributed by atoms with van der Waals surface area (Å²) in [7, 11) is 0. The fourth-order valence-corrected chi connectivity index (χ4v) is 7.81. The third kappa shape index (κ3) is 55.1. The molecule has 0 aliphatic heterocycles. The van der Waals surface area contributed by atoms with Crippen LogP contribution >= 0.6 is 0 Å². The molecule has 0 aromatic heterocycles. The molecule has 394 valence electrons. The second-order valence-electron chi connectivity index (χ2n) is 18.8. The zero-order valence-corrected chi connectivity index (χ0v) is 45.0. The standard InChI is InChI=1S/C63H106O6/c1-4-7-10-13-16-18-20-22-24-25-26-27-28-29-30-31-32-33-34-35-36-37-38-39-40-42-43-45-47-50-53-56-62(65)68-59-60(58-67-61(64)55-52-49-15-12-9-6-3)69-63(66)57-54-51-48-46-44-41-23-21-19-17-14-11-8-5-2/h7,10,16,18,22,24,26-27,29-30,32-33,35-36,38-39,60H,4-6,8-9,11-15,17,19-21,23,25,28,31,34,37,40-59H2,1-3H3/b10-7-,18-16-,24-22-,27-26-,30-29-,33-32-,36-35-,39-38-. The van der Waals surface area contributed by atoms with Crippen molar-refractivity contribution in [3.05, 3.63) is 97.2 Å². The van der Waals surface area contributed by atoms with Gasteiger partial charge in [-0.1, -0.05) is 259 Å². The molecule has 6 heteroatoms. The third-order valence-corrected chi connectivity index (χ3v) is 12.1. The Morgan fingerprint density at radius 2 is 0.565 bits per heavy atom. The molecule has 0 aliphatic carbocycles. The van der Waals surface area contributed by atoms with Gasteiger partial charge in [-0.2, -0.15) is 0 Å². The van der Waals surface area contributed by atoms with Crippen molar-refractivity contribution in [2.24, 2.45) is 0 Å². The van der Waals surface area contributed by atoms with Crippen molar-refractivity contribution in [2.75, 3.05) is 13.2 Å². The van der Waals surface area contributed by atoms with E-state index in [-0.39, 0.29) is 31.1 Å². The van der Waals surface area contributed by atoms with Crippen molar-refractivity contribution in [2.45, 2.75) is 271 Å². The molecular weight excluding hydrogens is 853 g/mol. The predicted molar refractivity (Wildman–Crippen MR) is 297 cm³/mol. The lowest BCUT2D eigenvalue weighted by molar-refractivity contribution is -0.167. The number of carbonyl (C=O) groups is 3. The summed E-state index contributed by atoms with van der Waals surface area (Å²) in [5, 5.41) is 0. The maximum atomic E-state index is 12.8. The van der Waals surface area contributed by atoms with E-state index in [2.05, 4.69) is 118 Å². The van der Waals surface area contributed by atoms with E-state index in [0.29, 0.717) is 19.3 Å². The van der Waals surface area contributed by atoms with E-state index in [1.54, 1.807) is 0 Å². The van der Waals surface area contributed by atoms with Gasteiger partial charge in [-0.15, -0.1) is 0 Å². The maximum absolute atomic E-state index is 12.8. The van der Waals surface area contributed by atoms with Crippen LogP contribution in [-0.4, -0.2) is 37.2 Å². The maximum Gasteiger partial charge on any atom is 0.306 e. The first kappa shape index (κ1) is 65.3. The summed E-state index contributed by atoms with van der Waals surface area (Å²) < 4.78 is 16.7. The van der Waals surface area contributed by atoms with Gasteiger partial charge in [0.1, 0.15) is 13.2 Å². The number of allylic oxidation sites excluding steroid dienone is 16. The summed E-state index contributed by atoms with van der Waals surface area (Å²) in [5.41, 5.74) is 0. The van der Waals surface area contributed by atoms with Crippen molar-refractivity contribution < 1.29 is 28.6 Å². The lowest BCUT2D eigenvalue weighted by atomic mass is 10.0. The zero-order valence-electron chi connectivity index (χ0n) is 45.0. The molecular formula is C63H106O6. The van der Waals surface area contributed by atoms with Gasteiger partial charge in [-0.05, 0) is 83.5 Å². The molecule has 0 fully saturated rings. The molecule has 0 heterocycles. The fourth-order valence-electron chi connectivity index (χ4n) is 7.81. The zero-order chi connectivity index (χ0) is 50.0. The predicted octanol–water partition coefficient (Wildman–Crippen LogP) is 19.3. The van der Waals surface area contributed by atoms with Crippen molar-refractivity contribution in [1.29, 1.82) is 0 Å². The van der Waals surface area contributed by atoms with Crippen LogP contribution in [0.1, 0.15) is 265 Å². The number of hydrogen-bond acceptors (Lipinski definition) is 6. The molecule has 0 rings (SSSR count). The van der Waals surface area contributed by atoms with E-state index in [1.165, 1.54) is 103 Å². The molecule has 0 saturated heterocycles. The molecule has 0 bridgehead atoms. The van der Waals surface area contributed by atoms with E-state index < -0.39 is 6.10 Å². The Balaban J connectivity index is 4.14. The van der Waals surface area contributed by atoms with Crippen LogP contribution in [0.25, 0.3) is 0 Å². The molecule has 0 spiro atoms. The molecule has 0 N–H and O–H groups in total. The Bertz CT molecular complexity index is 1380. The molecule has 0 amide bonds. The van der Waals surface area contributed by atoms with Crippen molar-refractivity contribution in [3.63, 3.8) is 0 Å². The molecule has 1 atom stereocenters. The van der Waals surface area contributed by atoms with Crippen molar-refractivity contribution in [1.82, 2.24) is 0 Å². The molecule has 6 nitrogen and oxygen atoms in total. The van der Waals surface area contributed by atoms with Gasteiger partial charge in [0.25, 0.3) is 0 Å². The monoisotopic (exact) mass is 959 g/mol. The van der Waals surface area contributed by atoms with E-state index in [9.17, 15) is 14.4 Å². The van der Waals surface area contributed by atoms with Gasteiger partial charge < -0.3 is 14.2 Å². The molecule has 0 saturated carbocycles. The molecule has 0 aromatic carbocycles. The molecule has 0 aliphatic rings. The molecule has 0 aromatic rings. The fraction of sp³-hybridized carbons (Fsp3) is 0.698. The minimum absolute atomic E-state index is 0.0800. The van der Waals surface area contributed by atoms with Gasteiger partial charge in [0.2, 0.25) is 0 Å². The third-order valence-electron chi connectivity index (χ3n) is 12.1. The van der Waals surface area contributed by atoms with Crippen LogP contribution in [0.2, 0.25) is 0 Å². The summed E-state index contributed by atoms with van der Waals surface area (Å²) in [4.78, 5) is 37.8. The van der Waals surface area contributed by atoms with Crippen LogP contribution in [0.15, 0.2) is 97.2 Å². The van der Waals surface area contributed by atoms with Crippen LogP contribution in [0.5, 0.6) is 0 Å². The Morgan fingerprint density at radius 1 is 0.304 bits per heavy atom. The minimum Gasteiger partial charge on any atom is -0.462 e. The average molecular weight is 960 g/mol. The molecule has 1 unspecified atom stereocenters. The Hall–Kier alpha value is -3.67. The number of ether oxygens (including phenoxy) is 3. The van der Waals surface area contributed by atoms with Crippen LogP contribution in [-0.2, 0) is 28.6 Å². The summed E-state index contributed by atoms with van der Waals surface area (Å²) in [6.45, 7) is 6.46. The minimum atomic E-state index is -0.778. The van der Waals surface area contributed by atoms with Gasteiger partial charge in [0.05, 0.1) is 0 Å². The number of esters is 3. The summed E-state index contributed by atoms with van der Waals surface area (Å²) >= 11 is 0. The number of unbranched alkanes of at least 4 members (excludes halogenated alkanes) is 24. The SMILES string of the molecule is CC/C=C\C/C=C\C/C=C\C/C=C\C/C=C\C/C=C\C/C=C\C/C=C\CCCCCCCCC(=O)OCC(COC(=O)CCCCCCCC)OC(=O)CCCCCCCCCCCCCCCC. The van der Waals surface area contributed by atoms with Crippen LogP contribution in [0.3, 0.4) is 0 Å². The number of hydrogen-bond donors (Lipinski definition) is 0. The van der Waals surface area contributed by atoms with Gasteiger partial charge in [-0.25, -0.2) is 0 Å². The quantitative estimate of drug-likeness (QED) is 0.0262. The lowest BCUT2D eigenvalue weighted by Crippen LogP contribution is -2.30. The van der Waals surface area contributed by atoms with Gasteiger partial charge in [0.15, 0.2) is 6.10 Å². The van der Waals surface area contributed by atoms with Crippen molar-refractivity contribution >= 4 is 17.9 Å². The highest BCUT2D eigenvalue weighted by Gasteiger charge is 2.19. The smallest absolute Gasteiger partial charge is 0.306 e. The lowest BCUT2D eigenvalue weighted by Gasteiger charge is -2.18. The average Bonchev–Trinajstić information content (AvgIpc) is 3.35. The highest BCUT2D eigenvalue weighted by molar-refractivity contribution is 5.71. The van der Waals surface area contributed by atoms with Crippen molar-refractivity contribution in [3.8, 4) is 0 Å². The largest absolute Gasteiger partial charge is 0.462 e. The molecule has 0 radical (unpaired) electrons. The van der Waals surface area contributed by atoms with E-state index in [1.807, 2.05) is 0 Å². The summed E-state index contributed by atoms with van der Waals surface area (Å²) in [5.74, 6) is -0.902. The van der Waals surface area contributed by atoms with Crippen LogP contribution < -0.4 is 0 Å². The first-order valence-corrected chi connectivity index (χ1v) is 28.7. The van der Waals surface area contributed by atoms with Gasteiger partial charge >= 0.3 is 17.9 Å². The van der Waals surface area contributed by atoms with Crippen LogP contribution in [0.4, 0.5) is 0 Å². The second kappa shape index (κ2) is 56.9. The Morgan fingerprint density at radius 3 is 0.884 bits per heavy atom. The summed E-state index contributed by atoms with van der Waals surface area (Å²) in [6.07, 6.45) is 75.7. The van der Waals surface area contributed by atoms with E-state index in [4.69, 9.17) is 14.2 Å². The summed E-state index contributed by atoms with van der Waals surface area (Å²) in [6, 6.07) is 0. The molecule has 69 heavy (non-hydrogen) atoms. The Kier molecular flexibility index (Phi) is 53.9. The van der Waals surface area contributed by atoms with Gasteiger partial charge in [0, 0.05) is 19.3 Å². The normalized spacial score (nSPS) is 12.8.